The lowest BCUT2D eigenvalue weighted by molar-refractivity contribution is 0.657. The first kappa shape index (κ1) is 36.4. The van der Waals surface area contributed by atoms with E-state index in [1.54, 1.807) is 0 Å². The van der Waals surface area contributed by atoms with Crippen LogP contribution >= 0.6 is 0 Å². The molecule has 0 spiro atoms. The summed E-state index contributed by atoms with van der Waals surface area (Å²) in [5.41, 5.74) is 22.1. The van der Waals surface area contributed by atoms with E-state index in [4.69, 9.17) is 0 Å². The highest BCUT2D eigenvalue weighted by Gasteiger charge is 2.40. The zero-order valence-corrected chi connectivity index (χ0v) is 35.5. The molecular formula is C60H46N2. The van der Waals surface area contributed by atoms with Crippen LogP contribution in [0.25, 0.3) is 72.0 Å². The van der Waals surface area contributed by atoms with Crippen molar-refractivity contribution in [3.63, 3.8) is 0 Å². The van der Waals surface area contributed by atoms with Crippen LogP contribution in [0.3, 0.4) is 0 Å². The Morgan fingerprint density at radius 3 is 1.53 bits per heavy atom. The summed E-state index contributed by atoms with van der Waals surface area (Å²) in [7, 11) is 0. The Kier molecular flexibility index (Phi) is 7.96. The molecule has 1 heterocycles. The molecule has 62 heavy (non-hydrogen) atoms. The maximum atomic E-state index is 2.57. The van der Waals surface area contributed by atoms with Gasteiger partial charge in [-0.15, -0.1) is 0 Å². The van der Waals surface area contributed by atoms with Crippen molar-refractivity contribution >= 4 is 38.9 Å². The Bertz CT molecular complexity index is 3350. The van der Waals surface area contributed by atoms with Crippen molar-refractivity contribution in [2.24, 2.45) is 0 Å². The standard InChI is InChI=1S/C60H46N2/c1-59(2)51-25-13-8-20-43(51)45-35-34-42(38-53(45)59)61(41-32-30-40(31-33-41)39-18-6-5-7-19-39)54-27-15-12-24-48(54)50-37-36-49-44-21-9-14-26-52(44)60(3,4)57(49)58(50)62-55-28-16-10-22-46(55)47-23-11-17-29-56(47)62/h5-38H,1-4H3. The molecule has 0 saturated heterocycles. The molecule has 2 aliphatic carbocycles. The van der Waals surface area contributed by atoms with Crippen LogP contribution < -0.4 is 4.90 Å². The van der Waals surface area contributed by atoms with Crippen LogP contribution in [0.4, 0.5) is 17.1 Å². The molecule has 0 N–H and O–H groups in total. The van der Waals surface area contributed by atoms with E-state index in [2.05, 4.69) is 243 Å². The second-order valence-corrected chi connectivity index (χ2v) is 18.1. The van der Waals surface area contributed by atoms with Gasteiger partial charge < -0.3 is 9.47 Å². The minimum atomic E-state index is -0.258. The number of hydrogen-bond donors (Lipinski definition) is 0. The first-order chi connectivity index (χ1) is 30.3. The first-order valence-electron chi connectivity index (χ1n) is 21.9. The zero-order chi connectivity index (χ0) is 41.7. The molecule has 0 bridgehead atoms. The van der Waals surface area contributed by atoms with Gasteiger partial charge in [0.05, 0.1) is 22.4 Å². The SMILES string of the molecule is CC1(C)c2ccccc2-c2ccc(N(c3ccc(-c4ccccc4)cc3)c3ccccc3-c3ccc4c(c3-n3c5ccccc5c5ccccc53)C(C)(C)c3ccccc3-4)cc21. The minimum Gasteiger partial charge on any atom is -0.310 e. The van der Waals surface area contributed by atoms with Crippen molar-refractivity contribution in [3.05, 3.63) is 229 Å². The maximum Gasteiger partial charge on any atom is 0.0588 e. The number of aromatic nitrogens is 1. The Morgan fingerprint density at radius 1 is 0.355 bits per heavy atom. The van der Waals surface area contributed by atoms with Crippen LogP contribution in [0.5, 0.6) is 0 Å². The van der Waals surface area contributed by atoms with Gasteiger partial charge in [0.2, 0.25) is 0 Å². The molecule has 0 unspecified atom stereocenters. The summed E-state index contributed by atoms with van der Waals surface area (Å²) in [6.07, 6.45) is 0. The van der Waals surface area contributed by atoms with Crippen LogP contribution in [-0.4, -0.2) is 4.57 Å². The Hall–Kier alpha value is -7.42. The summed E-state index contributed by atoms with van der Waals surface area (Å²) in [4.78, 5) is 2.49. The molecule has 0 saturated carbocycles. The summed E-state index contributed by atoms with van der Waals surface area (Å²) < 4.78 is 2.57. The van der Waals surface area contributed by atoms with Gasteiger partial charge in [0, 0.05) is 44.1 Å². The van der Waals surface area contributed by atoms with E-state index in [0.717, 1.165) is 17.1 Å². The number of benzene rings is 9. The van der Waals surface area contributed by atoms with Gasteiger partial charge in [-0.2, -0.15) is 0 Å². The molecule has 0 aliphatic heterocycles. The highest BCUT2D eigenvalue weighted by Crippen LogP contribution is 2.56. The van der Waals surface area contributed by atoms with E-state index in [9.17, 15) is 0 Å². The molecule has 10 aromatic rings. The van der Waals surface area contributed by atoms with Gasteiger partial charge in [0.25, 0.3) is 0 Å². The van der Waals surface area contributed by atoms with Gasteiger partial charge in [-0.1, -0.05) is 191 Å². The van der Waals surface area contributed by atoms with E-state index in [1.165, 1.54) is 94.3 Å². The van der Waals surface area contributed by atoms with Gasteiger partial charge in [-0.3, -0.25) is 0 Å². The number of nitrogens with zero attached hydrogens (tertiary/aromatic N) is 2. The smallest absolute Gasteiger partial charge is 0.0588 e. The predicted octanol–water partition coefficient (Wildman–Crippen LogP) is 16.2. The van der Waals surface area contributed by atoms with Crippen LogP contribution in [0.15, 0.2) is 206 Å². The van der Waals surface area contributed by atoms with E-state index in [0.29, 0.717) is 0 Å². The summed E-state index contributed by atoms with van der Waals surface area (Å²) in [6.45, 7) is 9.57. The van der Waals surface area contributed by atoms with Crippen molar-refractivity contribution in [1.29, 1.82) is 0 Å². The van der Waals surface area contributed by atoms with Gasteiger partial charge in [0.1, 0.15) is 0 Å². The molecular weight excluding hydrogens is 749 g/mol. The second-order valence-electron chi connectivity index (χ2n) is 18.1. The van der Waals surface area contributed by atoms with Crippen molar-refractivity contribution in [2.45, 2.75) is 38.5 Å². The second kappa shape index (κ2) is 13.5. The molecule has 2 nitrogen and oxygen atoms in total. The summed E-state index contributed by atoms with van der Waals surface area (Å²) in [5, 5.41) is 2.52. The zero-order valence-electron chi connectivity index (χ0n) is 35.5. The number of hydrogen-bond acceptors (Lipinski definition) is 1. The number of para-hydroxylation sites is 3. The molecule has 12 rings (SSSR count). The fourth-order valence-electron chi connectivity index (χ4n) is 11.0. The van der Waals surface area contributed by atoms with Gasteiger partial charge in [0.15, 0.2) is 0 Å². The van der Waals surface area contributed by atoms with E-state index < -0.39 is 0 Å². The minimum absolute atomic E-state index is 0.144. The van der Waals surface area contributed by atoms with Gasteiger partial charge in [-0.25, -0.2) is 0 Å². The lowest BCUT2D eigenvalue weighted by Crippen LogP contribution is -2.19. The lowest BCUT2D eigenvalue weighted by atomic mass is 9.80. The van der Waals surface area contributed by atoms with Crippen LogP contribution in [0.2, 0.25) is 0 Å². The predicted molar refractivity (Wildman–Crippen MR) is 261 cm³/mol. The van der Waals surface area contributed by atoms with E-state index in [-0.39, 0.29) is 10.8 Å². The monoisotopic (exact) mass is 794 g/mol. The molecule has 296 valence electrons. The number of fused-ring (bicyclic) bond motifs is 9. The van der Waals surface area contributed by atoms with Crippen LogP contribution in [0, 0.1) is 0 Å². The fraction of sp³-hybridized carbons (Fsp3) is 0.100. The molecule has 0 fully saturated rings. The Morgan fingerprint density at radius 2 is 0.839 bits per heavy atom. The Labute approximate surface area is 364 Å². The highest BCUT2D eigenvalue weighted by molar-refractivity contribution is 6.11. The molecule has 1 aromatic heterocycles. The van der Waals surface area contributed by atoms with E-state index in [1.807, 2.05) is 0 Å². The largest absolute Gasteiger partial charge is 0.310 e. The van der Waals surface area contributed by atoms with Crippen molar-refractivity contribution in [2.75, 3.05) is 4.90 Å². The van der Waals surface area contributed by atoms with Crippen LogP contribution in [-0.2, 0) is 10.8 Å². The third kappa shape index (κ3) is 5.23. The molecule has 0 atom stereocenters. The average Bonchev–Trinajstić information content (AvgIpc) is 3.86. The summed E-state index contributed by atoms with van der Waals surface area (Å²) >= 11 is 0. The average molecular weight is 795 g/mol. The highest BCUT2D eigenvalue weighted by atomic mass is 15.1. The normalized spacial score (nSPS) is 14.1. The number of rotatable bonds is 6. The van der Waals surface area contributed by atoms with Crippen molar-refractivity contribution in [1.82, 2.24) is 4.57 Å². The third-order valence-electron chi connectivity index (χ3n) is 14.0. The summed E-state index contributed by atoms with van der Waals surface area (Å²) in [6, 6.07) is 76.6. The van der Waals surface area contributed by atoms with Gasteiger partial charge in [-0.05, 0) is 98.1 Å². The van der Waals surface area contributed by atoms with E-state index >= 15 is 0 Å². The number of anilines is 3. The first-order valence-corrected chi connectivity index (χ1v) is 21.9. The van der Waals surface area contributed by atoms with Gasteiger partial charge >= 0.3 is 0 Å². The van der Waals surface area contributed by atoms with Crippen LogP contribution in [0.1, 0.15) is 49.9 Å². The van der Waals surface area contributed by atoms with Crippen molar-refractivity contribution < 1.29 is 0 Å². The topological polar surface area (TPSA) is 8.17 Å². The molecule has 2 heteroatoms. The maximum absolute atomic E-state index is 2.57. The molecule has 0 radical (unpaired) electrons. The quantitative estimate of drug-likeness (QED) is 0.163. The Balaban J connectivity index is 1.14. The molecule has 9 aromatic carbocycles. The molecule has 2 aliphatic rings. The third-order valence-corrected chi connectivity index (χ3v) is 14.0. The fourth-order valence-corrected chi connectivity index (χ4v) is 11.0. The lowest BCUT2D eigenvalue weighted by Gasteiger charge is -2.31. The van der Waals surface area contributed by atoms with Crippen molar-refractivity contribution in [3.8, 4) is 50.2 Å². The molecule has 0 amide bonds. The summed E-state index contributed by atoms with van der Waals surface area (Å²) in [5.74, 6) is 0.